The zero-order valence-electron chi connectivity index (χ0n) is 26.5. The van der Waals surface area contributed by atoms with Crippen molar-refractivity contribution in [3.8, 4) is 0 Å². The van der Waals surface area contributed by atoms with Crippen LogP contribution < -0.4 is 25.6 Å². The van der Waals surface area contributed by atoms with Crippen molar-refractivity contribution < 1.29 is 22.8 Å². The van der Waals surface area contributed by atoms with Crippen LogP contribution >= 0.6 is 22.9 Å². The third-order valence-corrected chi connectivity index (χ3v) is 9.68. The fourth-order valence-electron chi connectivity index (χ4n) is 4.72. The summed E-state index contributed by atoms with van der Waals surface area (Å²) in [6, 6.07) is 21.1. The van der Waals surface area contributed by atoms with E-state index in [0.717, 1.165) is 21.7 Å². The van der Waals surface area contributed by atoms with Crippen LogP contribution in [0, 0.1) is 0 Å². The molecule has 13 heteroatoms. The number of hydrogen-bond acceptors (Lipinski definition) is 7. The molecule has 0 aliphatic rings. The van der Waals surface area contributed by atoms with Crippen molar-refractivity contribution in [2.75, 3.05) is 29.5 Å². The lowest BCUT2D eigenvalue weighted by Gasteiger charge is -2.23. The van der Waals surface area contributed by atoms with Gasteiger partial charge in [0.1, 0.15) is 0 Å². The number of carbonyl (C=O) groups excluding carboxylic acids is 3. The highest BCUT2D eigenvalue weighted by Gasteiger charge is 2.23. The maximum atomic E-state index is 13.8. The van der Waals surface area contributed by atoms with Gasteiger partial charge in [0.25, 0.3) is 11.8 Å². The minimum absolute atomic E-state index is 0.109. The number of benzene rings is 3. The third kappa shape index (κ3) is 10.4. The van der Waals surface area contributed by atoms with E-state index in [0.29, 0.717) is 17.1 Å². The average Bonchev–Trinajstić information content (AvgIpc) is 3.55. The molecule has 248 valence electrons. The second-order valence-corrected chi connectivity index (χ2v) is 14.5. The molecule has 10 nitrogen and oxygen atoms in total. The van der Waals surface area contributed by atoms with Crippen molar-refractivity contribution in [2.24, 2.45) is 0 Å². The first-order valence-corrected chi connectivity index (χ1v) is 18.0. The number of nitrogens with one attached hydrogen (secondary N) is 4. The van der Waals surface area contributed by atoms with Gasteiger partial charge < -0.3 is 21.3 Å². The predicted molar refractivity (Wildman–Crippen MR) is 189 cm³/mol. The van der Waals surface area contributed by atoms with E-state index in [1.807, 2.05) is 54.1 Å². The molecular weight excluding hydrogens is 658 g/mol. The van der Waals surface area contributed by atoms with Crippen molar-refractivity contribution in [1.29, 1.82) is 0 Å². The molecule has 4 rings (SSSR count). The van der Waals surface area contributed by atoms with E-state index in [-0.39, 0.29) is 35.3 Å². The predicted octanol–water partition coefficient (Wildman–Crippen LogP) is 5.25. The second-order valence-electron chi connectivity index (χ2n) is 11.2. The van der Waals surface area contributed by atoms with E-state index in [4.69, 9.17) is 11.6 Å². The molecule has 4 aromatic rings. The van der Waals surface area contributed by atoms with E-state index >= 15 is 0 Å². The van der Waals surface area contributed by atoms with E-state index in [1.165, 1.54) is 36.6 Å². The normalized spacial score (nSPS) is 13.2. The molecule has 0 bridgehead atoms. The highest BCUT2D eigenvalue weighted by Crippen LogP contribution is 2.22. The molecule has 0 spiro atoms. The molecule has 3 atom stereocenters. The van der Waals surface area contributed by atoms with Crippen LogP contribution in [0.1, 0.15) is 51.7 Å². The Labute approximate surface area is 284 Å². The van der Waals surface area contributed by atoms with E-state index in [2.05, 4.69) is 21.3 Å². The second kappa shape index (κ2) is 16.1. The number of anilines is 2. The number of halogens is 1. The van der Waals surface area contributed by atoms with Gasteiger partial charge in [0, 0.05) is 41.5 Å². The number of sulfonamides is 1. The Balaban J connectivity index is 1.54. The van der Waals surface area contributed by atoms with Gasteiger partial charge in [-0.15, -0.1) is 0 Å². The summed E-state index contributed by atoms with van der Waals surface area (Å²) in [5, 5.41) is 16.4. The maximum Gasteiger partial charge on any atom is 0.251 e. The van der Waals surface area contributed by atoms with E-state index < -0.39 is 33.9 Å². The molecule has 1 heterocycles. The Bertz CT molecular complexity index is 1800. The van der Waals surface area contributed by atoms with Crippen LogP contribution in [0.2, 0.25) is 5.02 Å². The van der Waals surface area contributed by atoms with Crippen molar-refractivity contribution >= 4 is 62.1 Å². The molecule has 0 unspecified atom stereocenters. The Morgan fingerprint density at radius 2 is 1.57 bits per heavy atom. The fraction of sp³-hybridized carbons (Fsp3) is 0.265. The average molecular weight is 696 g/mol. The van der Waals surface area contributed by atoms with Gasteiger partial charge >= 0.3 is 0 Å². The summed E-state index contributed by atoms with van der Waals surface area (Å²) in [4.78, 5) is 40.0. The molecule has 3 amide bonds. The van der Waals surface area contributed by atoms with Gasteiger partial charge in [-0.1, -0.05) is 48.0 Å². The molecule has 0 fully saturated rings. The zero-order valence-corrected chi connectivity index (χ0v) is 28.9. The van der Waals surface area contributed by atoms with E-state index in [9.17, 15) is 22.8 Å². The lowest BCUT2D eigenvalue weighted by Crippen LogP contribution is -2.48. The van der Waals surface area contributed by atoms with Crippen LogP contribution in [-0.4, -0.2) is 58.1 Å². The number of hydrogen-bond donors (Lipinski definition) is 4. The first-order valence-electron chi connectivity index (χ1n) is 14.9. The number of rotatable bonds is 14. The minimum atomic E-state index is -3.70. The molecule has 0 aliphatic carbocycles. The maximum absolute atomic E-state index is 13.8. The van der Waals surface area contributed by atoms with Crippen LogP contribution in [0.25, 0.3) is 0 Å². The number of amides is 3. The van der Waals surface area contributed by atoms with E-state index in [1.54, 1.807) is 31.2 Å². The molecule has 0 radical (unpaired) electrons. The molecular formula is C34H38ClN5O5S2. The minimum Gasteiger partial charge on any atom is -0.348 e. The fourth-order valence-corrected chi connectivity index (χ4v) is 6.08. The summed E-state index contributed by atoms with van der Waals surface area (Å²) in [6.07, 6.45) is 1.51. The number of thiophene rings is 1. The quantitative estimate of drug-likeness (QED) is 0.142. The summed E-state index contributed by atoms with van der Waals surface area (Å²) < 4.78 is 25.9. The third-order valence-electron chi connectivity index (χ3n) is 7.50. The molecule has 1 aromatic heterocycles. The number of nitrogens with zero attached hydrogens (tertiary/aromatic N) is 1. The van der Waals surface area contributed by atoms with Gasteiger partial charge in [-0.2, -0.15) is 11.3 Å². The van der Waals surface area contributed by atoms with Gasteiger partial charge in [0.2, 0.25) is 15.9 Å². The summed E-state index contributed by atoms with van der Waals surface area (Å²) in [6.45, 7) is 3.80. The van der Waals surface area contributed by atoms with Gasteiger partial charge in [0.05, 0.1) is 24.0 Å². The number of carbonyl (C=O) groups is 3. The Kier molecular flexibility index (Phi) is 12.2. The van der Waals surface area contributed by atoms with Crippen molar-refractivity contribution in [2.45, 2.75) is 38.4 Å². The first-order chi connectivity index (χ1) is 22.3. The molecule has 3 aromatic carbocycles. The lowest BCUT2D eigenvalue weighted by molar-refractivity contribution is -0.117. The largest absolute Gasteiger partial charge is 0.348 e. The van der Waals surface area contributed by atoms with Crippen LogP contribution in [0.3, 0.4) is 0 Å². The first kappa shape index (κ1) is 35.6. The van der Waals surface area contributed by atoms with Crippen LogP contribution in [-0.2, 0) is 21.2 Å². The summed E-state index contributed by atoms with van der Waals surface area (Å²) in [7, 11) is -2.34. The summed E-state index contributed by atoms with van der Waals surface area (Å²) in [5.41, 5.74) is 2.86. The highest BCUT2D eigenvalue weighted by molar-refractivity contribution is 7.92. The highest BCUT2D eigenvalue weighted by atomic mass is 35.5. The smallest absolute Gasteiger partial charge is 0.251 e. The molecule has 0 saturated heterocycles. The Morgan fingerprint density at radius 1 is 0.894 bits per heavy atom. The summed E-state index contributed by atoms with van der Waals surface area (Å²) in [5.74, 6) is -1.24. The SMILES string of the molecule is C[C@H](NC[C@H](Cc1ccsc1)NC(=O)c1cc(C(=O)N[C@H](C)c2ccccc2)cc(N(C)S(C)(=O)=O)c1)C(=O)Nc1cccc(Cl)c1. The van der Waals surface area contributed by atoms with Crippen LogP contribution in [0.5, 0.6) is 0 Å². The van der Waals surface area contributed by atoms with Gasteiger partial charge in [-0.3, -0.25) is 18.7 Å². The molecule has 47 heavy (non-hydrogen) atoms. The molecule has 0 saturated carbocycles. The standard InChI is InChI=1S/C34H38ClN5O5S2/c1-22(25-9-6-5-7-10-25)37-33(42)26-16-27(18-31(17-26)40(3)47(4,44)45)34(43)39-30(15-24-13-14-46-21-24)20-36-23(2)32(41)38-29-12-8-11-28(35)19-29/h5-14,16-19,21-23,30,36H,15,20H2,1-4H3,(H,37,42)(H,38,41)(H,39,43)/t22-,23+,30+/m1/s1. The van der Waals surface area contributed by atoms with Crippen molar-refractivity contribution in [1.82, 2.24) is 16.0 Å². The Morgan fingerprint density at radius 3 is 2.19 bits per heavy atom. The van der Waals surface area contributed by atoms with Crippen LogP contribution in [0.15, 0.2) is 89.6 Å². The summed E-state index contributed by atoms with van der Waals surface area (Å²) >= 11 is 7.57. The molecule has 4 N–H and O–H groups in total. The van der Waals surface area contributed by atoms with Crippen molar-refractivity contribution in [3.63, 3.8) is 0 Å². The zero-order chi connectivity index (χ0) is 34.1. The monoisotopic (exact) mass is 695 g/mol. The van der Waals surface area contributed by atoms with Crippen LogP contribution in [0.4, 0.5) is 11.4 Å². The van der Waals surface area contributed by atoms with Gasteiger partial charge in [0.15, 0.2) is 0 Å². The molecule has 0 aliphatic heterocycles. The van der Waals surface area contributed by atoms with Gasteiger partial charge in [-0.25, -0.2) is 8.42 Å². The topological polar surface area (TPSA) is 137 Å². The Hall–Kier alpha value is -4.23. The van der Waals surface area contributed by atoms with Gasteiger partial charge in [-0.05, 0) is 84.6 Å². The lowest BCUT2D eigenvalue weighted by atomic mass is 10.0. The van der Waals surface area contributed by atoms with Crippen molar-refractivity contribution in [3.05, 3.63) is 117 Å².